The van der Waals surface area contributed by atoms with Crippen molar-refractivity contribution in [3.63, 3.8) is 0 Å². The molecule has 24 heavy (non-hydrogen) atoms. The molecule has 0 aliphatic heterocycles. The smallest absolute Gasteiger partial charge is 0.311 e. The Kier molecular flexibility index (Phi) is 6.79. The van der Waals surface area contributed by atoms with E-state index in [-0.39, 0.29) is 16.7 Å². The van der Waals surface area contributed by atoms with E-state index in [0.29, 0.717) is 5.75 Å². The summed E-state index contributed by atoms with van der Waals surface area (Å²) in [4.78, 5) is 11.0. The summed E-state index contributed by atoms with van der Waals surface area (Å²) in [5.41, 5.74) is 1.81. The molecule has 1 atom stereocenters. The molecule has 4 heteroatoms. The number of benzene rings is 2. The summed E-state index contributed by atoms with van der Waals surface area (Å²) in [6, 6.07) is 14.8. The normalized spacial score (nSPS) is 11.9. The fourth-order valence-corrected chi connectivity index (χ4v) is 2.70. The van der Waals surface area contributed by atoms with E-state index in [2.05, 4.69) is 6.92 Å². The molecular formula is C20H25NO3. The third-order valence-electron chi connectivity index (χ3n) is 4.06. The average molecular weight is 327 g/mol. The maximum absolute atomic E-state index is 11.4. The largest absolute Gasteiger partial charge is 0.484 e. The summed E-state index contributed by atoms with van der Waals surface area (Å²) in [7, 11) is 0. The van der Waals surface area contributed by atoms with Gasteiger partial charge in [-0.3, -0.25) is 10.1 Å². The second kappa shape index (κ2) is 9.06. The Balaban J connectivity index is 2.11. The first-order chi connectivity index (χ1) is 11.6. The standard InChI is InChI=1S/C20H25NO3/c1-3-4-5-7-10-16(2)24-20-14-13-18(15-19(20)21(22)23)17-11-8-6-9-12-17/h6,8-9,11-16H,3-5,7,10H2,1-2H3. The van der Waals surface area contributed by atoms with Crippen molar-refractivity contribution in [1.29, 1.82) is 0 Å². The van der Waals surface area contributed by atoms with Crippen LogP contribution in [0, 0.1) is 10.1 Å². The van der Waals surface area contributed by atoms with Gasteiger partial charge in [0.1, 0.15) is 0 Å². The quantitative estimate of drug-likeness (QED) is 0.322. The molecule has 0 heterocycles. The number of nitro groups is 1. The second-order valence-electron chi connectivity index (χ2n) is 6.08. The minimum Gasteiger partial charge on any atom is -0.484 e. The zero-order valence-electron chi connectivity index (χ0n) is 14.4. The molecule has 0 saturated heterocycles. The maximum Gasteiger partial charge on any atom is 0.311 e. The molecule has 2 aromatic carbocycles. The van der Waals surface area contributed by atoms with Gasteiger partial charge >= 0.3 is 5.69 Å². The maximum atomic E-state index is 11.4. The van der Waals surface area contributed by atoms with Crippen LogP contribution in [0.1, 0.15) is 46.0 Å². The minimum atomic E-state index is -0.369. The van der Waals surface area contributed by atoms with Crippen molar-refractivity contribution < 1.29 is 9.66 Å². The summed E-state index contributed by atoms with van der Waals surface area (Å²) in [6.07, 6.45) is 5.57. The van der Waals surface area contributed by atoms with Gasteiger partial charge in [-0.05, 0) is 37.0 Å². The van der Waals surface area contributed by atoms with Crippen LogP contribution in [0.2, 0.25) is 0 Å². The van der Waals surface area contributed by atoms with Gasteiger partial charge in [0.25, 0.3) is 0 Å². The van der Waals surface area contributed by atoms with Gasteiger partial charge in [-0.15, -0.1) is 0 Å². The number of hydrogen-bond donors (Lipinski definition) is 0. The lowest BCUT2D eigenvalue weighted by atomic mass is 10.0. The fourth-order valence-electron chi connectivity index (χ4n) is 2.70. The van der Waals surface area contributed by atoms with Crippen LogP contribution in [-0.4, -0.2) is 11.0 Å². The molecule has 2 rings (SSSR count). The summed E-state index contributed by atoms with van der Waals surface area (Å²) in [5.74, 6) is 0.350. The third-order valence-corrected chi connectivity index (χ3v) is 4.06. The lowest BCUT2D eigenvalue weighted by Gasteiger charge is -2.15. The van der Waals surface area contributed by atoms with Gasteiger partial charge in [-0.25, -0.2) is 0 Å². The SMILES string of the molecule is CCCCCCC(C)Oc1ccc(-c2ccccc2)cc1[N+](=O)[O-]. The number of rotatable bonds is 9. The molecule has 2 aromatic rings. The molecule has 0 aromatic heterocycles. The topological polar surface area (TPSA) is 52.4 Å². The Labute approximate surface area is 143 Å². The summed E-state index contributed by atoms with van der Waals surface area (Å²) in [5, 5.41) is 11.4. The second-order valence-corrected chi connectivity index (χ2v) is 6.08. The van der Waals surface area contributed by atoms with Gasteiger partial charge in [0.15, 0.2) is 5.75 Å². The van der Waals surface area contributed by atoms with Gasteiger partial charge in [0.05, 0.1) is 11.0 Å². The Bertz CT molecular complexity index is 655. The van der Waals surface area contributed by atoms with E-state index in [0.717, 1.165) is 24.0 Å². The molecule has 0 N–H and O–H groups in total. The van der Waals surface area contributed by atoms with Crippen molar-refractivity contribution in [3.8, 4) is 16.9 Å². The predicted octanol–water partition coefficient (Wildman–Crippen LogP) is 6.00. The molecule has 0 spiro atoms. The van der Waals surface area contributed by atoms with Crippen LogP contribution in [-0.2, 0) is 0 Å². The highest BCUT2D eigenvalue weighted by Crippen LogP contribution is 2.33. The van der Waals surface area contributed by atoms with E-state index >= 15 is 0 Å². The Morgan fingerprint density at radius 1 is 1.04 bits per heavy atom. The van der Waals surface area contributed by atoms with Gasteiger partial charge in [-0.2, -0.15) is 0 Å². The van der Waals surface area contributed by atoms with Crippen molar-refractivity contribution >= 4 is 5.69 Å². The van der Waals surface area contributed by atoms with Crippen LogP contribution in [0.25, 0.3) is 11.1 Å². The first kappa shape index (κ1) is 18.0. The van der Waals surface area contributed by atoms with Crippen molar-refractivity contribution in [2.45, 2.75) is 52.1 Å². The van der Waals surface area contributed by atoms with Crippen molar-refractivity contribution in [1.82, 2.24) is 0 Å². The van der Waals surface area contributed by atoms with Gasteiger partial charge in [0.2, 0.25) is 0 Å². The Morgan fingerprint density at radius 3 is 2.46 bits per heavy atom. The van der Waals surface area contributed by atoms with E-state index in [1.807, 2.05) is 43.3 Å². The predicted molar refractivity (Wildman–Crippen MR) is 97.4 cm³/mol. The Hall–Kier alpha value is -2.36. The van der Waals surface area contributed by atoms with E-state index in [1.165, 1.54) is 19.3 Å². The first-order valence-corrected chi connectivity index (χ1v) is 8.62. The highest BCUT2D eigenvalue weighted by molar-refractivity contribution is 5.68. The van der Waals surface area contributed by atoms with Crippen LogP contribution in [0.5, 0.6) is 5.75 Å². The molecule has 0 aliphatic rings. The number of hydrogen-bond acceptors (Lipinski definition) is 3. The molecule has 0 amide bonds. The molecule has 0 aliphatic carbocycles. The monoisotopic (exact) mass is 327 g/mol. The number of nitro benzene ring substituents is 1. The van der Waals surface area contributed by atoms with Crippen LogP contribution in [0.15, 0.2) is 48.5 Å². The molecule has 0 bridgehead atoms. The lowest BCUT2D eigenvalue weighted by molar-refractivity contribution is -0.386. The zero-order chi connectivity index (χ0) is 17.4. The highest BCUT2D eigenvalue weighted by Gasteiger charge is 2.18. The summed E-state index contributed by atoms with van der Waals surface area (Å²) >= 11 is 0. The fraction of sp³-hybridized carbons (Fsp3) is 0.400. The van der Waals surface area contributed by atoms with E-state index in [9.17, 15) is 10.1 Å². The van der Waals surface area contributed by atoms with E-state index in [1.54, 1.807) is 12.1 Å². The highest BCUT2D eigenvalue weighted by atomic mass is 16.6. The average Bonchev–Trinajstić information content (AvgIpc) is 2.59. The van der Waals surface area contributed by atoms with Gasteiger partial charge < -0.3 is 4.74 Å². The molecule has 0 fully saturated rings. The summed E-state index contributed by atoms with van der Waals surface area (Å²) < 4.78 is 5.84. The lowest BCUT2D eigenvalue weighted by Crippen LogP contribution is -2.12. The zero-order valence-corrected chi connectivity index (χ0v) is 14.4. The number of ether oxygens (including phenoxy) is 1. The summed E-state index contributed by atoms with van der Waals surface area (Å²) in [6.45, 7) is 4.15. The third kappa shape index (κ3) is 5.08. The molecule has 0 saturated carbocycles. The molecule has 128 valence electrons. The van der Waals surface area contributed by atoms with Crippen LogP contribution in [0.4, 0.5) is 5.69 Å². The first-order valence-electron chi connectivity index (χ1n) is 8.62. The molecule has 4 nitrogen and oxygen atoms in total. The van der Waals surface area contributed by atoms with Crippen molar-refractivity contribution in [2.24, 2.45) is 0 Å². The van der Waals surface area contributed by atoms with Crippen LogP contribution in [0.3, 0.4) is 0 Å². The minimum absolute atomic E-state index is 0.0248. The van der Waals surface area contributed by atoms with E-state index in [4.69, 9.17) is 4.74 Å². The van der Waals surface area contributed by atoms with Crippen molar-refractivity contribution in [2.75, 3.05) is 0 Å². The van der Waals surface area contributed by atoms with Gasteiger partial charge in [0, 0.05) is 6.07 Å². The number of unbranched alkanes of at least 4 members (excludes halogenated alkanes) is 3. The van der Waals surface area contributed by atoms with Gasteiger partial charge in [-0.1, -0.05) is 62.6 Å². The molecule has 0 radical (unpaired) electrons. The Morgan fingerprint density at radius 2 is 1.79 bits per heavy atom. The number of nitrogens with zero attached hydrogens (tertiary/aromatic N) is 1. The molecular weight excluding hydrogens is 302 g/mol. The van der Waals surface area contributed by atoms with Crippen LogP contribution < -0.4 is 4.74 Å². The van der Waals surface area contributed by atoms with Crippen molar-refractivity contribution in [3.05, 3.63) is 58.6 Å². The molecule has 1 unspecified atom stereocenters. The van der Waals surface area contributed by atoms with Crippen LogP contribution >= 0.6 is 0 Å². The van der Waals surface area contributed by atoms with E-state index < -0.39 is 0 Å².